The van der Waals surface area contributed by atoms with E-state index in [1.807, 2.05) is 30.3 Å². The minimum absolute atomic E-state index is 0.176. The lowest BCUT2D eigenvalue weighted by Crippen LogP contribution is -2.58. The average molecular weight is 507 g/mol. The second kappa shape index (κ2) is 10.1. The van der Waals surface area contributed by atoms with Crippen LogP contribution in [0.4, 0.5) is 0 Å². The standard InChI is InChI=1S/C29H30O8/c1-28(32)26-23(35-4)15-21(34-3)16-24(26)37-29(27(28)31,19-11-13-20(33-2)14-12-19)22(17-25(30)36-5)18-9-7-6-8-10-18/h6-16,22,32H,17H2,1-5H3/t22-,28+,29-/m1/s1. The van der Waals surface area contributed by atoms with Gasteiger partial charge in [0.15, 0.2) is 5.60 Å². The van der Waals surface area contributed by atoms with Crippen molar-refractivity contribution in [2.75, 3.05) is 28.4 Å². The van der Waals surface area contributed by atoms with Gasteiger partial charge in [-0.3, -0.25) is 9.59 Å². The molecule has 0 saturated heterocycles. The number of esters is 1. The van der Waals surface area contributed by atoms with Crippen LogP contribution in [0.3, 0.4) is 0 Å². The van der Waals surface area contributed by atoms with E-state index < -0.39 is 28.9 Å². The highest BCUT2D eigenvalue weighted by Crippen LogP contribution is 2.55. The minimum Gasteiger partial charge on any atom is -0.497 e. The van der Waals surface area contributed by atoms with E-state index in [1.165, 1.54) is 35.4 Å². The summed E-state index contributed by atoms with van der Waals surface area (Å²) in [6, 6.07) is 19.0. The molecular weight excluding hydrogens is 476 g/mol. The Morgan fingerprint density at radius 3 is 2.14 bits per heavy atom. The number of carbonyl (C=O) groups is 2. The SMILES string of the molecule is COC(=O)C[C@H](c1ccccc1)[C@@]1(c2ccc(OC)cc2)Oc2cc(OC)cc(OC)c2[C@](C)(O)C1=O. The van der Waals surface area contributed by atoms with Crippen LogP contribution in [-0.2, 0) is 25.5 Å². The van der Waals surface area contributed by atoms with Crippen LogP contribution in [0.15, 0.2) is 66.7 Å². The number of aliphatic hydroxyl groups is 1. The Morgan fingerprint density at radius 2 is 1.57 bits per heavy atom. The number of rotatable bonds is 8. The van der Waals surface area contributed by atoms with Gasteiger partial charge in [-0.05, 0) is 24.6 Å². The number of hydrogen-bond acceptors (Lipinski definition) is 8. The largest absolute Gasteiger partial charge is 0.497 e. The first-order valence-corrected chi connectivity index (χ1v) is 11.7. The highest BCUT2D eigenvalue weighted by Gasteiger charge is 2.61. The average Bonchev–Trinajstić information content (AvgIpc) is 2.93. The van der Waals surface area contributed by atoms with E-state index in [4.69, 9.17) is 23.7 Å². The van der Waals surface area contributed by atoms with Crippen molar-refractivity contribution in [1.29, 1.82) is 0 Å². The summed E-state index contributed by atoms with van der Waals surface area (Å²) in [6.07, 6.45) is -0.190. The van der Waals surface area contributed by atoms with Crippen molar-refractivity contribution in [3.63, 3.8) is 0 Å². The van der Waals surface area contributed by atoms with Crippen molar-refractivity contribution in [1.82, 2.24) is 0 Å². The Balaban J connectivity index is 2.07. The maximum absolute atomic E-state index is 14.5. The van der Waals surface area contributed by atoms with Gasteiger partial charge in [0.25, 0.3) is 0 Å². The number of ether oxygens (including phenoxy) is 5. The van der Waals surface area contributed by atoms with E-state index in [-0.39, 0.29) is 23.5 Å². The van der Waals surface area contributed by atoms with E-state index in [0.717, 1.165) is 0 Å². The summed E-state index contributed by atoms with van der Waals surface area (Å²) in [7, 11) is 5.75. The maximum Gasteiger partial charge on any atom is 0.306 e. The third-order valence-corrected chi connectivity index (χ3v) is 6.84. The third kappa shape index (κ3) is 4.38. The summed E-state index contributed by atoms with van der Waals surface area (Å²) in [5, 5.41) is 11.9. The highest BCUT2D eigenvalue weighted by atomic mass is 16.5. The summed E-state index contributed by atoms with van der Waals surface area (Å²) in [5.74, 6) is -0.636. The molecule has 1 heterocycles. The molecule has 0 spiro atoms. The molecule has 1 N–H and O–H groups in total. The first kappa shape index (κ1) is 26.0. The van der Waals surface area contributed by atoms with Crippen LogP contribution in [0.5, 0.6) is 23.0 Å². The van der Waals surface area contributed by atoms with Crippen molar-refractivity contribution in [3.8, 4) is 23.0 Å². The molecule has 8 nitrogen and oxygen atoms in total. The van der Waals surface area contributed by atoms with Crippen LogP contribution in [0.1, 0.15) is 36.0 Å². The molecule has 3 atom stereocenters. The number of benzene rings is 3. The van der Waals surface area contributed by atoms with Crippen LogP contribution in [0.25, 0.3) is 0 Å². The van der Waals surface area contributed by atoms with Gasteiger partial charge >= 0.3 is 5.97 Å². The molecule has 8 heteroatoms. The summed E-state index contributed by atoms with van der Waals surface area (Å²) < 4.78 is 27.9. The molecule has 0 aromatic heterocycles. The molecule has 37 heavy (non-hydrogen) atoms. The van der Waals surface area contributed by atoms with Crippen molar-refractivity contribution in [2.45, 2.75) is 30.5 Å². The Labute approximate surface area is 215 Å². The molecule has 3 aromatic rings. The molecule has 0 amide bonds. The quantitative estimate of drug-likeness (QED) is 0.456. The van der Waals surface area contributed by atoms with Crippen LogP contribution >= 0.6 is 0 Å². The van der Waals surface area contributed by atoms with E-state index >= 15 is 0 Å². The zero-order valence-electron chi connectivity index (χ0n) is 21.4. The first-order chi connectivity index (χ1) is 17.7. The van der Waals surface area contributed by atoms with Crippen molar-refractivity contribution < 1.29 is 38.4 Å². The van der Waals surface area contributed by atoms with Crippen molar-refractivity contribution in [2.24, 2.45) is 0 Å². The van der Waals surface area contributed by atoms with Crippen LogP contribution in [0.2, 0.25) is 0 Å². The fourth-order valence-electron chi connectivity index (χ4n) is 4.99. The lowest BCUT2D eigenvalue weighted by Gasteiger charge is -2.47. The Morgan fingerprint density at radius 1 is 0.919 bits per heavy atom. The van der Waals surface area contributed by atoms with Gasteiger partial charge in [0, 0.05) is 23.6 Å². The topological polar surface area (TPSA) is 101 Å². The van der Waals surface area contributed by atoms with E-state index in [1.54, 1.807) is 36.4 Å². The lowest BCUT2D eigenvalue weighted by molar-refractivity contribution is -0.164. The Bertz CT molecular complexity index is 1280. The normalized spacial score (nSPS) is 21.3. The number of hydrogen-bond donors (Lipinski definition) is 1. The molecule has 0 radical (unpaired) electrons. The van der Waals surface area contributed by atoms with Crippen molar-refractivity contribution in [3.05, 3.63) is 83.4 Å². The summed E-state index contributed by atoms with van der Waals surface area (Å²) >= 11 is 0. The van der Waals surface area contributed by atoms with Gasteiger partial charge in [0.2, 0.25) is 11.4 Å². The molecular formula is C29H30O8. The second-order valence-corrected chi connectivity index (χ2v) is 8.91. The molecule has 0 aliphatic carbocycles. The lowest BCUT2D eigenvalue weighted by atomic mass is 9.66. The zero-order valence-corrected chi connectivity index (χ0v) is 21.4. The fourth-order valence-corrected chi connectivity index (χ4v) is 4.99. The van der Waals surface area contributed by atoms with Gasteiger partial charge in [-0.2, -0.15) is 0 Å². The fraction of sp³-hybridized carbons (Fsp3) is 0.310. The zero-order chi connectivity index (χ0) is 26.8. The minimum atomic E-state index is -2.05. The van der Waals surface area contributed by atoms with Crippen LogP contribution in [-0.4, -0.2) is 45.3 Å². The molecule has 1 aliphatic heterocycles. The molecule has 4 rings (SSSR count). The van der Waals surface area contributed by atoms with Gasteiger partial charge in [-0.1, -0.05) is 42.5 Å². The predicted octanol–water partition coefficient (Wildman–Crippen LogP) is 4.12. The number of carbonyl (C=O) groups excluding carboxylic acids is 2. The van der Waals surface area contributed by atoms with Gasteiger partial charge in [0.05, 0.1) is 40.4 Å². The molecule has 1 aliphatic rings. The van der Waals surface area contributed by atoms with Crippen LogP contribution in [0, 0.1) is 0 Å². The van der Waals surface area contributed by atoms with Crippen molar-refractivity contribution >= 4 is 11.8 Å². The molecule has 0 unspecified atom stereocenters. The van der Waals surface area contributed by atoms with E-state index in [9.17, 15) is 14.7 Å². The highest BCUT2D eigenvalue weighted by molar-refractivity contribution is 6.00. The van der Waals surface area contributed by atoms with Gasteiger partial charge in [-0.15, -0.1) is 0 Å². The summed E-state index contributed by atoms with van der Waals surface area (Å²) in [6.45, 7) is 1.41. The summed E-state index contributed by atoms with van der Waals surface area (Å²) in [4.78, 5) is 27.3. The molecule has 0 fully saturated rings. The third-order valence-electron chi connectivity index (χ3n) is 6.84. The monoisotopic (exact) mass is 506 g/mol. The maximum atomic E-state index is 14.5. The Kier molecular flexibility index (Phi) is 7.14. The van der Waals surface area contributed by atoms with Gasteiger partial charge in [-0.25, -0.2) is 0 Å². The molecule has 3 aromatic carbocycles. The molecule has 0 bridgehead atoms. The number of methoxy groups -OCH3 is 4. The molecule has 0 saturated carbocycles. The second-order valence-electron chi connectivity index (χ2n) is 8.91. The first-order valence-electron chi connectivity index (χ1n) is 11.7. The Hall–Kier alpha value is -4.04. The van der Waals surface area contributed by atoms with E-state index in [0.29, 0.717) is 22.6 Å². The number of ketones is 1. The van der Waals surface area contributed by atoms with E-state index in [2.05, 4.69) is 0 Å². The smallest absolute Gasteiger partial charge is 0.306 e. The van der Waals surface area contributed by atoms with Gasteiger partial charge < -0.3 is 28.8 Å². The van der Waals surface area contributed by atoms with Gasteiger partial charge in [0.1, 0.15) is 23.0 Å². The number of Topliss-reactive ketones (excluding diaryl/α,β-unsaturated/α-hetero) is 1. The van der Waals surface area contributed by atoms with Crippen LogP contribution < -0.4 is 18.9 Å². The predicted molar refractivity (Wildman–Crippen MR) is 135 cm³/mol. The number of fused-ring (bicyclic) bond motifs is 1. The molecule has 194 valence electrons. The summed E-state index contributed by atoms with van der Waals surface area (Å²) in [5.41, 5.74) is -2.60.